The molecule has 1 heterocycles. The summed E-state index contributed by atoms with van der Waals surface area (Å²) in [5.74, 6) is -0.125. The van der Waals surface area contributed by atoms with Crippen molar-refractivity contribution in [3.8, 4) is 0 Å². The van der Waals surface area contributed by atoms with Crippen LogP contribution < -0.4 is 5.32 Å². The number of hydrogen-bond donors (Lipinski definition) is 1. The molecule has 6 nitrogen and oxygen atoms in total. The van der Waals surface area contributed by atoms with E-state index in [9.17, 15) is 14.9 Å². The molecule has 0 atom stereocenters. The first-order valence-electron chi connectivity index (χ1n) is 7.09. The Labute approximate surface area is 131 Å². The molecule has 0 spiro atoms. The number of hydrogen-bond acceptors (Lipinski definition) is 5. The third kappa shape index (κ3) is 2.59. The predicted molar refractivity (Wildman–Crippen MR) is 84.0 cm³/mol. The first-order chi connectivity index (χ1) is 10.6. The second-order valence-corrected chi connectivity index (χ2v) is 6.38. The lowest BCUT2D eigenvalue weighted by Gasteiger charge is -2.27. The fraction of sp³-hybridized carbons (Fsp3) is 0.333. The van der Waals surface area contributed by atoms with Crippen LogP contribution >= 0.6 is 11.3 Å². The molecule has 0 saturated heterocycles. The molecule has 0 aliphatic heterocycles. The van der Waals surface area contributed by atoms with Crippen molar-refractivity contribution < 1.29 is 9.72 Å². The number of benzene rings is 1. The van der Waals surface area contributed by atoms with Crippen LogP contribution in [-0.2, 0) is 10.2 Å². The van der Waals surface area contributed by atoms with Crippen molar-refractivity contribution in [3.63, 3.8) is 0 Å². The van der Waals surface area contributed by atoms with Gasteiger partial charge in [-0.3, -0.25) is 14.9 Å². The van der Waals surface area contributed by atoms with E-state index in [-0.39, 0.29) is 16.0 Å². The monoisotopic (exact) mass is 317 g/mol. The SMILES string of the molecule is O=C(Nc1ncc([N+](=O)[O-])s1)C1(c2ccccc2)CCCC1. The van der Waals surface area contributed by atoms with Crippen LogP contribution in [0.2, 0.25) is 0 Å². The molecule has 22 heavy (non-hydrogen) atoms. The van der Waals surface area contributed by atoms with Crippen LogP contribution in [0.15, 0.2) is 36.5 Å². The molecule has 1 fully saturated rings. The molecule has 1 amide bonds. The summed E-state index contributed by atoms with van der Waals surface area (Å²) in [6.07, 6.45) is 4.75. The molecule has 1 aromatic heterocycles. The van der Waals surface area contributed by atoms with Crippen molar-refractivity contribution in [1.82, 2.24) is 4.98 Å². The largest absolute Gasteiger partial charge is 0.345 e. The Bertz CT molecular complexity index is 693. The highest BCUT2D eigenvalue weighted by Gasteiger charge is 2.42. The van der Waals surface area contributed by atoms with Crippen LogP contribution in [0.1, 0.15) is 31.2 Å². The Morgan fingerprint density at radius 1 is 1.27 bits per heavy atom. The van der Waals surface area contributed by atoms with Crippen molar-refractivity contribution in [1.29, 1.82) is 0 Å². The summed E-state index contributed by atoms with van der Waals surface area (Å²) >= 11 is 0.880. The standard InChI is InChI=1S/C15H15N3O3S/c19-13(17-14-16-10-12(22-14)18(20)21)15(8-4-5-9-15)11-6-2-1-3-7-11/h1-3,6-7,10H,4-5,8-9H2,(H,16,17,19). The molecule has 0 radical (unpaired) electrons. The smallest absolute Gasteiger partial charge is 0.301 e. The molecule has 1 N–H and O–H groups in total. The van der Waals surface area contributed by atoms with Gasteiger partial charge in [0.05, 0.1) is 10.3 Å². The second kappa shape index (κ2) is 5.84. The van der Waals surface area contributed by atoms with Gasteiger partial charge in [-0.15, -0.1) is 0 Å². The van der Waals surface area contributed by atoms with Crippen LogP contribution in [0.25, 0.3) is 0 Å². The van der Waals surface area contributed by atoms with Crippen molar-refractivity contribution >= 4 is 27.4 Å². The minimum Gasteiger partial charge on any atom is -0.301 e. The van der Waals surface area contributed by atoms with E-state index in [1.807, 2.05) is 30.3 Å². The maximum atomic E-state index is 12.8. The molecule has 114 valence electrons. The Balaban J connectivity index is 1.86. The molecular formula is C15H15N3O3S. The lowest BCUT2D eigenvalue weighted by Crippen LogP contribution is -2.37. The Morgan fingerprint density at radius 2 is 1.95 bits per heavy atom. The van der Waals surface area contributed by atoms with Gasteiger partial charge < -0.3 is 5.32 Å². The number of nitro groups is 1. The lowest BCUT2D eigenvalue weighted by atomic mass is 9.78. The van der Waals surface area contributed by atoms with Gasteiger partial charge in [0.2, 0.25) is 5.91 Å². The first-order valence-corrected chi connectivity index (χ1v) is 7.91. The highest BCUT2D eigenvalue weighted by molar-refractivity contribution is 7.18. The number of rotatable bonds is 4. The van der Waals surface area contributed by atoms with Gasteiger partial charge in [0.15, 0.2) is 5.13 Å². The quantitative estimate of drug-likeness (QED) is 0.691. The summed E-state index contributed by atoms with van der Waals surface area (Å²) in [4.78, 5) is 26.9. The van der Waals surface area contributed by atoms with E-state index in [1.54, 1.807) is 0 Å². The minimum absolute atomic E-state index is 0.0736. The highest BCUT2D eigenvalue weighted by atomic mass is 32.1. The van der Waals surface area contributed by atoms with Gasteiger partial charge in [0.1, 0.15) is 6.20 Å². The molecule has 1 aromatic carbocycles. The van der Waals surface area contributed by atoms with Crippen molar-refractivity contribution in [2.45, 2.75) is 31.1 Å². The summed E-state index contributed by atoms with van der Waals surface area (Å²) in [7, 11) is 0. The lowest BCUT2D eigenvalue weighted by molar-refractivity contribution is -0.380. The molecule has 1 saturated carbocycles. The van der Waals surface area contributed by atoms with Crippen molar-refractivity contribution in [2.75, 3.05) is 5.32 Å². The Kier molecular flexibility index (Phi) is 3.89. The maximum absolute atomic E-state index is 12.8. The number of nitrogens with zero attached hydrogens (tertiary/aromatic N) is 2. The third-order valence-corrected chi connectivity index (χ3v) is 4.98. The molecule has 7 heteroatoms. The number of nitrogens with one attached hydrogen (secondary N) is 1. The normalized spacial score (nSPS) is 16.4. The molecule has 3 rings (SSSR count). The van der Waals surface area contributed by atoms with E-state index < -0.39 is 10.3 Å². The van der Waals surface area contributed by atoms with Crippen LogP contribution in [-0.4, -0.2) is 15.8 Å². The zero-order chi connectivity index (χ0) is 15.6. The van der Waals surface area contributed by atoms with Gasteiger partial charge >= 0.3 is 5.00 Å². The number of carbonyl (C=O) groups is 1. The van der Waals surface area contributed by atoms with Crippen LogP contribution in [0.3, 0.4) is 0 Å². The zero-order valence-corrected chi connectivity index (χ0v) is 12.6. The average Bonchev–Trinajstić information content (AvgIpc) is 3.18. The predicted octanol–water partition coefficient (Wildman–Crippen LogP) is 3.50. The summed E-state index contributed by atoms with van der Waals surface area (Å²) in [5, 5.41) is 13.7. The molecule has 1 aliphatic rings. The summed E-state index contributed by atoms with van der Waals surface area (Å²) < 4.78 is 0. The van der Waals surface area contributed by atoms with Gasteiger partial charge in [-0.2, -0.15) is 0 Å². The van der Waals surface area contributed by atoms with Crippen LogP contribution in [0.5, 0.6) is 0 Å². The summed E-state index contributed by atoms with van der Waals surface area (Å²) in [5.41, 5.74) is 0.442. The third-order valence-electron chi connectivity index (χ3n) is 4.11. The van der Waals surface area contributed by atoms with E-state index in [0.717, 1.165) is 42.6 Å². The molecular weight excluding hydrogens is 302 g/mol. The first kappa shape index (κ1) is 14.6. The fourth-order valence-corrected chi connectivity index (χ4v) is 3.63. The maximum Gasteiger partial charge on any atom is 0.345 e. The van der Waals surface area contributed by atoms with E-state index in [0.29, 0.717) is 0 Å². The van der Waals surface area contributed by atoms with E-state index >= 15 is 0 Å². The number of aromatic nitrogens is 1. The van der Waals surface area contributed by atoms with E-state index in [4.69, 9.17) is 0 Å². The van der Waals surface area contributed by atoms with Crippen molar-refractivity contribution in [2.24, 2.45) is 0 Å². The zero-order valence-electron chi connectivity index (χ0n) is 11.8. The van der Waals surface area contributed by atoms with Gasteiger partial charge in [-0.1, -0.05) is 43.2 Å². The van der Waals surface area contributed by atoms with Crippen LogP contribution in [0.4, 0.5) is 10.1 Å². The molecule has 0 unspecified atom stereocenters. The topological polar surface area (TPSA) is 85.1 Å². The number of anilines is 1. The summed E-state index contributed by atoms with van der Waals surface area (Å²) in [6.45, 7) is 0. The Hall–Kier alpha value is -2.28. The summed E-state index contributed by atoms with van der Waals surface area (Å²) in [6, 6.07) is 9.71. The average molecular weight is 317 g/mol. The van der Waals surface area contributed by atoms with Crippen molar-refractivity contribution in [3.05, 3.63) is 52.2 Å². The Morgan fingerprint density at radius 3 is 2.55 bits per heavy atom. The van der Waals surface area contributed by atoms with Gasteiger partial charge in [0, 0.05) is 0 Å². The van der Waals surface area contributed by atoms with Gasteiger partial charge in [-0.25, -0.2) is 4.98 Å². The minimum atomic E-state index is -0.554. The second-order valence-electron chi connectivity index (χ2n) is 5.37. The number of thiazole rings is 1. The number of carbonyl (C=O) groups excluding carboxylic acids is 1. The van der Waals surface area contributed by atoms with E-state index in [1.165, 1.54) is 6.20 Å². The van der Waals surface area contributed by atoms with Gasteiger partial charge in [0.25, 0.3) is 0 Å². The molecule has 0 bridgehead atoms. The number of amides is 1. The highest BCUT2D eigenvalue weighted by Crippen LogP contribution is 2.42. The van der Waals surface area contributed by atoms with Gasteiger partial charge in [-0.05, 0) is 29.7 Å². The fourth-order valence-electron chi connectivity index (χ4n) is 3.01. The molecule has 2 aromatic rings. The molecule has 1 aliphatic carbocycles. The van der Waals surface area contributed by atoms with Crippen LogP contribution in [0, 0.1) is 10.1 Å². The van der Waals surface area contributed by atoms with E-state index in [2.05, 4.69) is 10.3 Å².